The van der Waals surface area contributed by atoms with Crippen molar-refractivity contribution in [3.63, 3.8) is 0 Å². The van der Waals surface area contributed by atoms with Crippen LogP contribution >= 0.6 is 0 Å². The van der Waals surface area contributed by atoms with Gasteiger partial charge in [-0.3, -0.25) is 0 Å². The molecule has 0 fully saturated rings. The summed E-state index contributed by atoms with van der Waals surface area (Å²) in [5.41, 5.74) is 7.81. The van der Waals surface area contributed by atoms with Crippen LogP contribution in [0, 0.1) is 0 Å². The molecule has 1 heteroatoms. The maximum Gasteiger partial charge on any atom is 0.0712 e. The minimum absolute atomic E-state index is 0.823. The first-order valence-electron chi connectivity index (χ1n) is 10.5. The van der Waals surface area contributed by atoms with Crippen molar-refractivity contribution in [2.45, 2.75) is 6.42 Å². The van der Waals surface area contributed by atoms with Gasteiger partial charge in [0.05, 0.1) is 11.4 Å². The van der Waals surface area contributed by atoms with Gasteiger partial charge in [-0.2, -0.15) is 0 Å². The van der Waals surface area contributed by atoms with Gasteiger partial charge in [-0.15, -0.1) is 0 Å². The molecular formula is C30H25N. The molecule has 150 valence electrons. The smallest absolute Gasteiger partial charge is 0.0712 e. The summed E-state index contributed by atoms with van der Waals surface area (Å²) in [6, 6.07) is 35.5. The Balaban J connectivity index is 1.66. The molecule has 1 nitrogen and oxygen atoms in total. The topological polar surface area (TPSA) is 12.9 Å². The van der Waals surface area contributed by atoms with E-state index in [1.54, 1.807) is 0 Å². The molecule has 0 radical (unpaired) electrons. The summed E-state index contributed by atoms with van der Waals surface area (Å²) in [5, 5.41) is 0. The van der Waals surface area contributed by atoms with E-state index >= 15 is 0 Å². The first-order chi connectivity index (χ1) is 15.3. The number of pyridine rings is 1. The van der Waals surface area contributed by atoms with Gasteiger partial charge >= 0.3 is 0 Å². The molecule has 1 aromatic heterocycles. The molecule has 1 heterocycles. The molecule has 0 N–H and O–H groups in total. The van der Waals surface area contributed by atoms with E-state index in [0.717, 1.165) is 34.5 Å². The second-order valence-corrected chi connectivity index (χ2v) is 7.31. The number of nitrogens with zero attached hydrogens (tertiary/aromatic N) is 1. The molecule has 0 aliphatic heterocycles. The van der Waals surface area contributed by atoms with Crippen LogP contribution in [0.5, 0.6) is 0 Å². The molecule has 0 amide bonds. The highest BCUT2D eigenvalue weighted by Crippen LogP contribution is 2.25. The normalized spacial score (nSPS) is 11.5. The Kier molecular flexibility index (Phi) is 6.67. The lowest BCUT2D eigenvalue weighted by Gasteiger charge is -2.09. The van der Waals surface area contributed by atoms with Crippen LogP contribution in [-0.4, -0.2) is 4.98 Å². The second-order valence-electron chi connectivity index (χ2n) is 7.31. The van der Waals surface area contributed by atoms with E-state index in [1.807, 2.05) is 30.4 Å². The Hall–Kier alpha value is -3.97. The van der Waals surface area contributed by atoms with Gasteiger partial charge in [0.25, 0.3) is 0 Å². The molecule has 0 atom stereocenters. The monoisotopic (exact) mass is 399 g/mol. The largest absolute Gasteiger partial charge is 0.248 e. The van der Waals surface area contributed by atoms with E-state index in [2.05, 4.69) is 104 Å². The van der Waals surface area contributed by atoms with E-state index in [-0.39, 0.29) is 0 Å². The number of aromatic nitrogens is 1. The molecular weight excluding hydrogens is 374 g/mol. The average molecular weight is 400 g/mol. The van der Waals surface area contributed by atoms with E-state index in [1.165, 1.54) is 11.1 Å². The molecule has 4 rings (SSSR count). The number of allylic oxidation sites excluding steroid dienone is 5. The zero-order chi connectivity index (χ0) is 21.3. The first kappa shape index (κ1) is 20.3. The minimum Gasteiger partial charge on any atom is -0.248 e. The Morgan fingerprint density at radius 3 is 1.74 bits per heavy atom. The van der Waals surface area contributed by atoms with Gasteiger partial charge < -0.3 is 0 Å². The van der Waals surface area contributed by atoms with Crippen molar-refractivity contribution in [2.24, 2.45) is 0 Å². The van der Waals surface area contributed by atoms with Gasteiger partial charge in [-0.1, -0.05) is 122 Å². The second kappa shape index (κ2) is 10.2. The third-order valence-electron chi connectivity index (χ3n) is 5.08. The Bertz CT molecular complexity index is 1130. The van der Waals surface area contributed by atoms with Crippen LogP contribution in [0.1, 0.15) is 11.1 Å². The van der Waals surface area contributed by atoms with Crippen molar-refractivity contribution < 1.29 is 0 Å². The lowest BCUT2D eigenvalue weighted by molar-refractivity contribution is 1.22. The quantitative estimate of drug-likeness (QED) is 0.289. The molecule has 0 saturated heterocycles. The lowest BCUT2D eigenvalue weighted by Crippen LogP contribution is -1.93. The average Bonchev–Trinajstić information content (AvgIpc) is 2.85. The van der Waals surface area contributed by atoms with Crippen LogP contribution in [0.4, 0.5) is 0 Å². The summed E-state index contributed by atoms with van der Waals surface area (Å²) in [6.07, 6.45) is 9.08. The Morgan fingerprint density at radius 2 is 1.23 bits per heavy atom. The van der Waals surface area contributed by atoms with Crippen molar-refractivity contribution in [3.05, 3.63) is 145 Å². The zero-order valence-corrected chi connectivity index (χ0v) is 17.5. The van der Waals surface area contributed by atoms with Gasteiger partial charge in [0.15, 0.2) is 0 Å². The van der Waals surface area contributed by atoms with Crippen molar-refractivity contribution in [1.82, 2.24) is 4.98 Å². The molecule has 0 saturated carbocycles. The van der Waals surface area contributed by atoms with Crippen LogP contribution in [-0.2, 0) is 6.42 Å². The Labute approximate surface area is 184 Å². The highest BCUT2D eigenvalue weighted by molar-refractivity contribution is 5.75. The van der Waals surface area contributed by atoms with Crippen molar-refractivity contribution in [2.75, 3.05) is 0 Å². The van der Waals surface area contributed by atoms with E-state index in [0.29, 0.717) is 0 Å². The van der Waals surface area contributed by atoms with Gasteiger partial charge in [-0.25, -0.2) is 4.98 Å². The number of hydrogen-bond donors (Lipinski definition) is 0. The van der Waals surface area contributed by atoms with Crippen molar-refractivity contribution in [1.29, 1.82) is 0 Å². The van der Waals surface area contributed by atoms with E-state index in [9.17, 15) is 0 Å². The fourth-order valence-corrected chi connectivity index (χ4v) is 3.55. The van der Waals surface area contributed by atoms with Gasteiger partial charge in [0, 0.05) is 11.1 Å². The maximum absolute atomic E-state index is 4.95. The molecule has 0 aliphatic carbocycles. The van der Waals surface area contributed by atoms with Gasteiger partial charge in [0.1, 0.15) is 0 Å². The first-order valence-corrected chi connectivity index (χ1v) is 10.5. The highest BCUT2D eigenvalue weighted by atomic mass is 14.7. The SMILES string of the molecule is C=C/C=C(\C=C/Cc1cc(-c2ccccc2)nc(-c2ccccc2)c1)c1ccccc1. The van der Waals surface area contributed by atoms with Crippen LogP contribution < -0.4 is 0 Å². The standard InChI is InChI=1S/C30H25N/c1-2-13-25(26-15-6-3-7-16-26)21-12-14-24-22-29(27-17-8-4-9-18-27)31-30(23-24)28-19-10-5-11-20-28/h2-13,15-23H,1,14H2/b21-12-,25-13+. The molecule has 0 spiro atoms. The Morgan fingerprint density at radius 1 is 0.710 bits per heavy atom. The summed E-state index contributed by atoms with van der Waals surface area (Å²) in [6.45, 7) is 3.86. The van der Waals surface area contributed by atoms with Crippen molar-refractivity contribution >= 4 is 5.57 Å². The molecule has 0 aliphatic rings. The number of rotatable bonds is 7. The van der Waals surface area contributed by atoms with Crippen LogP contribution in [0.2, 0.25) is 0 Å². The number of benzene rings is 3. The van der Waals surface area contributed by atoms with Crippen LogP contribution in [0.3, 0.4) is 0 Å². The maximum atomic E-state index is 4.95. The predicted molar refractivity (Wildman–Crippen MR) is 133 cm³/mol. The van der Waals surface area contributed by atoms with E-state index in [4.69, 9.17) is 4.98 Å². The summed E-state index contributed by atoms with van der Waals surface area (Å²) < 4.78 is 0. The van der Waals surface area contributed by atoms with Crippen molar-refractivity contribution in [3.8, 4) is 22.5 Å². The van der Waals surface area contributed by atoms with Crippen LogP contribution in [0.15, 0.2) is 134 Å². The van der Waals surface area contributed by atoms with E-state index < -0.39 is 0 Å². The molecule has 3 aromatic carbocycles. The fourth-order valence-electron chi connectivity index (χ4n) is 3.55. The number of hydrogen-bond acceptors (Lipinski definition) is 1. The third-order valence-corrected chi connectivity index (χ3v) is 5.08. The molecule has 31 heavy (non-hydrogen) atoms. The van der Waals surface area contributed by atoms with Crippen LogP contribution in [0.25, 0.3) is 28.1 Å². The minimum atomic E-state index is 0.823. The summed E-state index contributed by atoms with van der Waals surface area (Å²) >= 11 is 0. The molecule has 0 bridgehead atoms. The lowest BCUT2D eigenvalue weighted by atomic mass is 10.0. The van der Waals surface area contributed by atoms with Gasteiger partial charge in [-0.05, 0) is 35.3 Å². The summed E-state index contributed by atoms with van der Waals surface area (Å²) in [4.78, 5) is 4.95. The van der Waals surface area contributed by atoms with Gasteiger partial charge in [0.2, 0.25) is 0 Å². The summed E-state index contributed by atoms with van der Waals surface area (Å²) in [5.74, 6) is 0. The fraction of sp³-hybridized carbons (Fsp3) is 0.0333. The zero-order valence-electron chi connectivity index (χ0n) is 17.5. The molecule has 0 unspecified atom stereocenters. The summed E-state index contributed by atoms with van der Waals surface area (Å²) in [7, 11) is 0. The highest BCUT2D eigenvalue weighted by Gasteiger charge is 2.06. The third kappa shape index (κ3) is 5.34. The molecule has 4 aromatic rings. The predicted octanol–water partition coefficient (Wildman–Crippen LogP) is 7.78.